The van der Waals surface area contributed by atoms with Crippen LogP contribution in [0.25, 0.3) is 0 Å². The number of aromatic nitrogens is 1. The molecule has 0 bridgehead atoms. The molecule has 17 heavy (non-hydrogen) atoms. The van der Waals surface area contributed by atoms with E-state index >= 15 is 0 Å². The molecule has 0 spiro atoms. The Morgan fingerprint density at radius 3 is 2.88 bits per heavy atom. The van der Waals surface area contributed by atoms with Crippen LogP contribution in [0.3, 0.4) is 0 Å². The molecule has 4 N–H and O–H groups in total. The number of fused-ring (bicyclic) bond motifs is 1. The first kappa shape index (κ1) is 11.6. The van der Waals surface area contributed by atoms with Crippen molar-refractivity contribution >= 4 is 11.9 Å². The lowest BCUT2D eigenvalue weighted by Crippen LogP contribution is -2.36. The van der Waals surface area contributed by atoms with E-state index in [1.165, 1.54) is 6.42 Å². The highest BCUT2D eigenvalue weighted by Gasteiger charge is 2.17. The normalized spacial score (nSPS) is 13.9. The summed E-state index contributed by atoms with van der Waals surface area (Å²) in [5.41, 5.74) is 8.62. The molecule has 1 aromatic heterocycles. The molecule has 1 aliphatic carbocycles. The molecule has 0 aromatic carbocycles. The van der Waals surface area contributed by atoms with E-state index in [2.05, 4.69) is 10.3 Å². The molecule has 1 heterocycles. The quantitative estimate of drug-likeness (QED) is 0.496. The lowest BCUT2D eigenvalue weighted by atomic mass is 9.94. The highest BCUT2D eigenvalue weighted by atomic mass is 16.1. The molecule has 5 nitrogen and oxygen atoms in total. The Bertz CT molecular complexity index is 482. The van der Waals surface area contributed by atoms with Crippen molar-refractivity contribution in [3.8, 4) is 0 Å². The smallest absolute Gasteiger partial charge is 0.259 e. The van der Waals surface area contributed by atoms with Crippen LogP contribution < -0.4 is 11.1 Å². The van der Waals surface area contributed by atoms with Crippen LogP contribution >= 0.6 is 0 Å². The number of carbonyl (C=O) groups excluding carboxylic acids is 1. The number of hydrogen-bond acceptors (Lipinski definition) is 3. The fourth-order valence-electron chi connectivity index (χ4n) is 2.16. The second kappa shape index (κ2) is 4.53. The minimum atomic E-state index is -0.351. The lowest BCUT2D eigenvalue weighted by Gasteiger charge is -2.17. The molecule has 5 heteroatoms. The molecule has 0 fully saturated rings. The summed E-state index contributed by atoms with van der Waals surface area (Å²) in [5, 5.41) is 9.35. The van der Waals surface area contributed by atoms with Crippen molar-refractivity contribution in [2.75, 3.05) is 0 Å². The number of nitrogens with one attached hydrogen (secondary N) is 2. The van der Waals surface area contributed by atoms with Crippen molar-refractivity contribution in [2.24, 2.45) is 5.73 Å². The fraction of sp³-hybridized carbons (Fsp3) is 0.417. The van der Waals surface area contributed by atoms with Crippen molar-refractivity contribution in [1.29, 1.82) is 5.41 Å². The molecule has 2 rings (SSSR count). The summed E-state index contributed by atoms with van der Waals surface area (Å²) in [6, 6.07) is 1.88. The second-order valence-electron chi connectivity index (χ2n) is 4.30. The third-order valence-electron chi connectivity index (χ3n) is 2.98. The molecule has 1 amide bonds. The van der Waals surface area contributed by atoms with Crippen LogP contribution in [0.1, 0.15) is 40.2 Å². The van der Waals surface area contributed by atoms with Crippen LogP contribution in [0.4, 0.5) is 0 Å². The van der Waals surface area contributed by atoms with Gasteiger partial charge < -0.3 is 5.73 Å². The molecule has 0 saturated heterocycles. The minimum Gasteiger partial charge on any atom is -0.370 e. The van der Waals surface area contributed by atoms with E-state index in [-0.39, 0.29) is 11.9 Å². The topological polar surface area (TPSA) is 91.9 Å². The average Bonchev–Trinajstić information content (AvgIpc) is 2.27. The highest BCUT2D eigenvalue weighted by molar-refractivity contribution is 6.05. The summed E-state index contributed by atoms with van der Waals surface area (Å²) < 4.78 is 0. The van der Waals surface area contributed by atoms with Crippen molar-refractivity contribution in [3.05, 3.63) is 28.6 Å². The number of pyridine rings is 1. The second-order valence-corrected chi connectivity index (χ2v) is 4.30. The van der Waals surface area contributed by atoms with Crippen LogP contribution in [-0.4, -0.2) is 16.9 Å². The predicted octanol–water partition coefficient (Wildman–Crippen LogP) is 0.892. The maximum atomic E-state index is 11.8. The van der Waals surface area contributed by atoms with E-state index in [1.54, 1.807) is 0 Å². The fourth-order valence-corrected chi connectivity index (χ4v) is 2.16. The van der Waals surface area contributed by atoms with E-state index in [1.807, 2.05) is 13.0 Å². The number of rotatable bonds is 1. The van der Waals surface area contributed by atoms with Crippen molar-refractivity contribution in [2.45, 2.75) is 32.6 Å². The van der Waals surface area contributed by atoms with Gasteiger partial charge in [-0.1, -0.05) is 0 Å². The molecule has 1 aliphatic rings. The largest absolute Gasteiger partial charge is 0.370 e. The number of guanidine groups is 1. The van der Waals surface area contributed by atoms with E-state index in [0.29, 0.717) is 11.3 Å². The lowest BCUT2D eigenvalue weighted by molar-refractivity contribution is 0.0975. The number of nitrogens with two attached hydrogens (primary N) is 1. The van der Waals surface area contributed by atoms with Crippen LogP contribution in [-0.2, 0) is 12.8 Å². The molecule has 1 aromatic rings. The number of carbonyl (C=O) groups is 1. The SMILES string of the molecule is Cc1nc2c(cc1C(=O)NC(=N)N)CCCC2. The Kier molecular flexibility index (Phi) is 3.08. The molecule has 0 aliphatic heterocycles. The van der Waals surface area contributed by atoms with Gasteiger partial charge in [-0.25, -0.2) is 0 Å². The summed E-state index contributed by atoms with van der Waals surface area (Å²) >= 11 is 0. The first-order valence-corrected chi connectivity index (χ1v) is 5.72. The van der Waals surface area contributed by atoms with Gasteiger partial charge >= 0.3 is 0 Å². The first-order valence-electron chi connectivity index (χ1n) is 5.72. The van der Waals surface area contributed by atoms with Crippen LogP contribution in [0.2, 0.25) is 0 Å². The maximum Gasteiger partial charge on any atom is 0.259 e. The van der Waals surface area contributed by atoms with Gasteiger partial charge in [0.1, 0.15) is 0 Å². The summed E-state index contributed by atoms with van der Waals surface area (Å²) in [6.07, 6.45) is 4.28. The van der Waals surface area contributed by atoms with Gasteiger partial charge in [0, 0.05) is 5.69 Å². The zero-order valence-electron chi connectivity index (χ0n) is 9.84. The Balaban J connectivity index is 2.34. The van der Waals surface area contributed by atoms with E-state index in [0.717, 1.165) is 30.5 Å². The average molecular weight is 232 g/mol. The summed E-state index contributed by atoms with van der Waals surface area (Å²) in [4.78, 5) is 16.3. The van der Waals surface area contributed by atoms with Gasteiger partial charge in [0.25, 0.3) is 5.91 Å². The summed E-state index contributed by atoms with van der Waals surface area (Å²) in [7, 11) is 0. The number of aryl methyl sites for hydroxylation is 3. The van der Waals surface area contributed by atoms with Crippen LogP contribution in [0.5, 0.6) is 0 Å². The molecule has 0 unspecified atom stereocenters. The molecular weight excluding hydrogens is 216 g/mol. The van der Waals surface area contributed by atoms with Crippen molar-refractivity contribution in [3.63, 3.8) is 0 Å². The van der Waals surface area contributed by atoms with E-state index in [4.69, 9.17) is 11.1 Å². The number of hydrogen-bond donors (Lipinski definition) is 3. The Morgan fingerprint density at radius 2 is 2.18 bits per heavy atom. The first-order chi connectivity index (χ1) is 8.08. The summed E-state index contributed by atoms with van der Waals surface area (Å²) in [6.45, 7) is 1.81. The minimum absolute atomic E-state index is 0.341. The molecule has 90 valence electrons. The van der Waals surface area contributed by atoms with Gasteiger partial charge in [-0.05, 0) is 44.2 Å². The van der Waals surface area contributed by atoms with E-state index in [9.17, 15) is 4.79 Å². The predicted molar refractivity (Wildman–Crippen MR) is 65.0 cm³/mol. The molecular formula is C12H16N4O. The monoisotopic (exact) mass is 232 g/mol. The van der Waals surface area contributed by atoms with Gasteiger partial charge in [0.15, 0.2) is 5.96 Å². The van der Waals surface area contributed by atoms with Crippen LogP contribution in [0, 0.1) is 12.3 Å². The standard InChI is InChI=1S/C12H16N4O/c1-7-9(11(17)16-12(13)14)6-8-4-2-3-5-10(8)15-7/h6H,2-5H2,1H3,(H4,13,14,16,17). The summed E-state index contributed by atoms with van der Waals surface area (Å²) in [5.74, 6) is -0.692. The van der Waals surface area contributed by atoms with Crippen molar-refractivity contribution < 1.29 is 4.79 Å². The molecule has 0 atom stereocenters. The Hall–Kier alpha value is -1.91. The highest BCUT2D eigenvalue weighted by Crippen LogP contribution is 2.21. The van der Waals surface area contributed by atoms with Gasteiger partial charge in [0.2, 0.25) is 0 Å². The third-order valence-corrected chi connectivity index (χ3v) is 2.98. The molecule has 0 saturated carbocycles. The number of amides is 1. The van der Waals surface area contributed by atoms with E-state index < -0.39 is 0 Å². The maximum absolute atomic E-state index is 11.8. The van der Waals surface area contributed by atoms with Crippen LogP contribution in [0.15, 0.2) is 6.07 Å². The third kappa shape index (κ3) is 2.43. The zero-order valence-corrected chi connectivity index (χ0v) is 9.84. The Morgan fingerprint density at radius 1 is 1.47 bits per heavy atom. The van der Waals surface area contributed by atoms with Crippen molar-refractivity contribution in [1.82, 2.24) is 10.3 Å². The van der Waals surface area contributed by atoms with Gasteiger partial charge in [0.05, 0.1) is 11.3 Å². The Labute approximate surface area is 99.9 Å². The van der Waals surface area contributed by atoms with Gasteiger partial charge in [-0.15, -0.1) is 0 Å². The molecule has 0 radical (unpaired) electrons. The zero-order chi connectivity index (χ0) is 12.4. The van der Waals surface area contributed by atoms with Gasteiger partial charge in [-0.2, -0.15) is 0 Å². The van der Waals surface area contributed by atoms with Gasteiger partial charge in [-0.3, -0.25) is 20.5 Å². The number of nitrogens with zero attached hydrogens (tertiary/aromatic N) is 1.